The zero-order valence-corrected chi connectivity index (χ0v) is 20.4. The predicted octanol–water partition coefficient (Wildman–Crippen LogP) is 3.76. The van der Waals surface area contributed by atoms with Gasteiger partial charge in [0.05, 0.1) is 30.6 Å². The molecule has 0 bridgehead atoms. The maximum atomic E-state index is 13.2. The van der Waals surface area contributed by atoms with E-state index in [2.05, 4.69) is 10.6 Å². The highest BCUT2D eigenvalue weighted by molar-refractivity contribution is 6.07. The lowest BCUT2D eigenvalue weighted by molar-refractivity contribution is -0.117. The SMILES string of the molecule is O=C(CN1CCN(C(=O)c2cccc3ccccc23)CC1)Nc1ccccc1C(=O)NCc1ccco1. The third-order valence-electron chi connectivity index (χ3n) is 6.50. The molecular formula is C29H28N4O4. The Balaban J connectivity index is 1.15. The molecule has 188 valence electrons. The van der Waals surface area contributed by atoms with Crippen LogP contribution in [0.5, 0.6) is 0 Å². The normalized spacial score (nSPS) is 13.9. The van der Waals surface area contributed by atoms with E-state index in [9.17, 15) is 14.4 Å². The maximum absolute atomic E-state index is 13.2. The van der Waals surface area contributed by atoms with E-state index in [1.54, 1.807) is 42.7 Å². The summed E-state index contributed by atoms with van der Waals surface area (Å²) in [6.45, 7) is 2.71. The molecule has 37 heavy (non-hydrogen) atoms. The van der Waals surface area contributed by atoms with Gasteiger partial charge in [-0.3, -0.25) is 19.3 Å². The number of carbonyl (C=O) groups excluding carboxylic acids is 3. The second-order valence-corrected chi connectivity index (χ2v) is 8.95. The quantitative estimate of drug-likeness (QED) is 0.406. The molecule has 3 amide bonds. The average molecular weight is 497 g/mol. The number of nitrogens with zero attached hydrogens (tertiary/aromatic N) is 2. The highest BCUT2D eigenvalue weighted by Crippen LogP contribution is 2.21. The number of piperazine rings is 1. The van der Waals surface area contributed by atoms with Crippen LogP contribution in [0.3, 0.4) is 0 Å². The molecule has 2 heterocycles. The van der Waals surface area contributed by atoms with Gasteiger partial charge >= 0.3 is 0 Å². The molecule has 0 radical (unpaired) electrons. The molecule has 8 heteroatoms. The van der Waals surface area contributed by atoms with Gasteiger partial charge in [-0.05, 0) is 41.1 Å². The first-order valence-corrected chi connectivity index (χ1v) is 12.3. The number of furan rings is 1. The van der Waals surface area contributed by atoms with Crippen LogP contribution in [0.4, 0.5) is 5.69 Å². The topological polar surface area (TPSA) is 94.9 Å². The summed E-state index contributed by atoms with van der Waals surface area (Å²) in [5, 5.41) is 7.66. The zero-order valence-electron chi connectivity index (χ0n) is 20.4. The van der Waals surface area contributed by atoms with Gasteiger partial charge < -0.3 is 20.0 Å². The number of nitrogens with one attached hydrogen (secondary N) is 2. The number of anilines is 1. The fourth-order valence-electron chi connectivity index (χ4n) is 4.55. The van der Waals surface area contributed by atoms with Crippen molar-refractivity contribution in [1.29, 1.82) is 0 Å². The Hall–Kier alpha value is -4.43. The molecule has 3 aromatic carbocycles. The molecule has 5 rings (SSSR count). The van der Waals surface area contributed by atoms with E-state index in [4.69, 9.17) is 4.42 Å². The van der Waals surface area contributed by atoms with Crippen LogP contribution >= 0.6 is 0 Å². The summed E-state index contributed by atoms with van der Waals surface area (Å²) >= 11 is 0. The molecule has 2 N–H and O–H groups in total. The van der Waals surface area contributed by atoms with Crippen molar-refractivity contribution in [3.63, 3.8) is 0 Å². The molecule has 8 nitrogen and oxygen atoms in total. The Kier molecular flexibility index (Phi) is 7.28. The van der Waals surface area contributed by atoms with Gasteiger partial charge in [0.25, 0.3) is 11.8 Å². The molecule has 0 aliphatic carbocycles. The van der Waals surface area contributed by atoms with Crippen LogP contribution < -0.4 is 10.6 Å². The van der Waals surface area contributed by atoms with E-state index < -0.39 is 0 Å². The molecule has 4 aromatic rings. The second kappa shape index (κ2) is 11.1. The third-order valence-corrected chi connectivity index (χ3v) is 6.50. The molecule has 1 saturated heterocycles. The number of carbonyl (C=O) groups is 3. The standard InChI is InChI=1S/C29H28N4O4/c34-27(31-26-13-4-3-11-25(26)28(35)30-19-22-9-6-18-37-22)20-32-14-16-33(17-15-32)29(36)24-12-5-8-21-7-1-2-10-23(21)24/h1-13,18H,14-17,19-20H2,(H,30,35)(H,31,34). The minimum Gasteiger partial charge on any atom is -0.467 e. The Morgan fingerprint density at radius 1 is 0.784 bits per heavy atom. The molecule has 1 aliphatic rings. The van der Waals surface area contributed by atoms with Crippen molar-refractivity contribution in [1.82, 2.24) is 15.1 Å². The highest BCUT2D eigenvalue weighted by atomic mass is 16.3. The van der Waals surface area contributed by atoms with E-state index in [0.29, 0.717) is 48.8 Å². The van der Waals surface area contributed by atoms with Crippen LogP contribution in [-0.4, -0.2) is 60.2 Å². The summed E-state index contributed by atoms with van der Waals surface area (Å²) in [6.07, 6.45) is 1.55. The van der Waals surface area contributed by atoms with Gasteiger partial charge in [-0.2, -0.15) is 0 Å². The van der Waals surface area contributed by atoms with E-state index in [-0.39, 0.29) is 30.8 Å². The lowest BCUT2D eigenvalue weighted by Crippen LogP contribution is -2.50. The maximum Gasteiger partial charge on any atom is 0.254 e. The van der Waals surface area contributed by atoms with Crippen molar-refractivity contribution in [3.8, 4) is 0 Å². The molecule has 0 spiro atoms. The van der Waals surface area contributed by atoms with Crippen LogP contribution in [0, 0.1) is 0 Å². The second-order valence-electron chi connectivity index (χ2n) is 8.95. The molecule has 0 atom stereocenters. The Morgan fingerprint density at radius 3 is 2.32 bits per heavy atom. The smallest absolute Gasteiger partial charge is 0.254 e. The van der Waals surface area contributed by atoms with Crippen LogP contribution in [0.2, 0.25) is 0 Å². The van der Waals surface area contributed by atoms with Gasteiger partial charge in [-0.1, -0.05) is 48.5 Å². The van der Waals surface area contributed by atoms with E-state index in [0.717, 1.165) is 10.8 Å². The minimum atomic E-state index is -0.298. The van der Waals surface area contributed by atoms with Crippen molar-refractivity contribution < 1.29 is 18.8 Å². The summed E-state index contributed by atoms with van der Waals surface area (Å²) in [4.78, 5) is 42.5. The van der Waals surface area contributed by atoms with Crippen molar-refractivity contribution in [2.45, 2.75) is 6.54 Å². The molecule has 1 fully saturated rings. The minimum absolute atomic E-state index is 0.00962. The highest BCUT2D eigenvalue weighted by Gasteiger charge is 2.24. The summed E-state index contributed by atoms with van der Waals surface area (Å²) in [5.41, 5.74) is 1.54. The van der Waals surface area contributed by atoms with Gasteiger partial charge in [0.1, 0.15) is 5.76 Å². The number of rotatable bonds is 7. The molecule has 0 saturated carbocycles. The molecule has 0 unspecified atom stereocenters. The van der Waals surface area contributed by atoms with Gasteiger partial charge in [0, 0.05) is 31.7 Å². The lowest BCUT2D eigenvalue weighted by atomic mass is 10.0. The number of benzene rings is 3. The zero-order chi connectivity index (χ0) is 25.6. The fraction of sp³-hybridized carbons (Fsp3) is 0.207. The number of amides is 3. The van der Waals surface area contributed by atoms with Crippen molar-refractivity contribution in [2.75, 3.05) is 38.0 Å². The lowest BCUT2D eigenvalue weighted by Gasteiger charge is -2.34. The molecule has 1 aromatic heterocycles. The summed E-state index contributed by atoms with van der Waals surface area (Å²) in [5.74, 6) is 0.149. The first-order valence-electron chi connectivity index (χ1n) is 12.3. The van der Waals surface area contributed by atoms with Crippen molar-refractivity contribution in [3.05, 3.63) is 102 Å². The van der Waals surface area contributed by atoms with Gasteiger partial charge in [0.2, 0.25) is 5.91 Å². The van der Waals surface area contributed by atoms with E-state index in [1.165, 1.54) is 0 Å². The first kappa shape index (κ1) is 24.3. The monoisotopic (exact) mass is 496 g/mol. The third kappa shape index (κ3) is 5.70. The van der Waals surface area contributed by atoms with Gasteiger partial charge in [-0.15, -0.1) is 0 Å². The summed E-state index contributed by atoms with van der Waals surface area (Å²) in [7, 11) is 0. The van der Waals surface area contributed by atoms with Crippen molar-refractivity contribution >= 4 is 34.2 Å². The Labute approximate surface area is 214 Å². The van der Waals surface area contributed by atoms with Crippen LogP contribution in [-0.2, 0) is 11.3 Å². The van der Waals surface area contributed by atoms with Crippen LogP contribution in [0.1, 0.15) is 26.5 Å². The first-order chi connectivity index (χ1) is 18.1. The number of hydrogen-bond donors (Lipinski definition) is 2. The molecule has 1 aliphatic heterocycles. The molecular weight excluding hydrogens is 468 g/mol. The number of para-hydroxylation sites is 1. The van der Waals surface area contributed by atoms with E-state index >= 15 is 0 Å². The number of hydrogen-bond acceptors (Lipinski definition) is 5. The van der Waals surface area contributed by atoms with Crippen LogP contribution in [0.15, 0.2) is 89.5 Å². The average Bonchev–Trinajstić information content (AvgIpc) is 3.45. The number of fused-ring (bicyclic) bond motifs is 1. The van der Waals surface area contributed by atoms with E-state index in [1.807, 2.05) is 52.3 Å². The van der Waals surface area contributed by atoms with Gasteiger partial charge in [0.15, 0.2) is 0 Å². The van der Waals surface area contributed by atoms with Crippen molar-refractivity contribution in [2.24, 2.45) is 0 Å². The predicted molar refractivity (Wildman–Crippen MR) is 141 cm³/mol. The summed E-state index contributed by atoms with van der Waals surface area (Å²) < 4.78 is 5.25. The van der Waals surface area contributed by atoms with Gasteiger partial charge in [-0.25, -0.2) is 0 Å². The Bertz CT molecular complexity index is 1400. The van der Waals surface area contributed by atoms with Crippen LogP contribution in [0.25, 0.3) is 10.8 Å². The summed E-state index contributed by atoms with van der Waals surface area (Å²) in [6, 6.07) is 24.1. The Morgan fingerprint density at radius 2 is 1.51 bits per heavy atom. The largest absolute Gasteiger partial charge is 0.467 e. The fourth-order valence-corrected chi connectivity index (χ4v) is 4.55.